The van der Waals surface area contributed by atoms with Gasteiger partial charge >= 0.3 is 0 Å². The third-order valence-corrected chi connectivity index (χ3v) is 4.55. The summed E-state index contributed by atoms with van der Waals surface area (Å²) < 4.78 is 21.9. The number of methoxy groups -OCH3 is 2. The zero-order chi connectivity index (χ0) is 17.4. The van der Waals surface area contributed by atoms with Crippen LogP contribution in [0.25, 0.3) is 0 Å². The molecule has 0 aliphatic carbocycles. The lowest BCUT2D eigenvalue weighted by atomic mass is 9.92. The fourth-order valence-electron chi connectivity index (χ4n) is 3.27. The molecule has 0 radical (unpaired) electrons. The molecular weight excluding hydrogens is 322 g/mol. The Kier molecular flexibility index (Phi) is 3.87. The molecule has 2 aromatic carbocycles. The zero-order valence-electron chi connectivity index (χ0n) is 14.2. The van der Waals surface area contributed by atoms with Gasteiger partial charge in [-0.2, -0.15) is 0 Å². The van der Waals surface area contributed by atoms with Crippen LogP contribution < -0.4 is 23.8 Å². The van der Waals surface area contributed by atoms with Crippen LogP contribution in [-0.2, 0) is 4.79 Å². The van der Waals surface area contributed by atoms with Gasteiger partial charge in [0.15, 0.2) is 11.5 Å². The molecule has 0 N–H and O–H groups in total. The third-order valence-electron chi connectivity index (χ3n) is 4.55. The smallest absolute Gasteiger partial charge is 0.230 e. The molecule has 1 amide bonds. The van der Waals surface area contributed by atoms with Crippen LogP contribution in [0.1, 0.15) is 18.0 Å². The summed E-state index contributed by atoms with van der Waals surface area (Å²) in [5.74, 6) is 2.88. The first-order valence-electron chi connectivity index (χ1n) is 8.15. The van der Waals surface area contributed by atoms with Crippen molar-refractivity contribution in [3.63, 3.8) is 0 Å². The molecule has 1 atom stereocenters. The van der Waals surface area contributed by atoms with Crippen LogP contribution in [0.4, 0.5) is 5.69 Å². The highest BCUT2D eigenvalue weighted by molar-refractivity contribution is 6.01. The topological polar surface area (TPSA) is 57.2 Å². The second kappa shape index (κ2) is 6.20. The second-order valence-electron chi connectivity index (χ2n) is 5.92. The Labute approximate surface area is 145 Å². The molecule has 25 heavy (non-hydrogen) atoms. The van der Waals surface area contributed by atoms with Gasteiger partial charge in [-0.15, -0.1) is 0 Å². The molecule has 0 unspecified atom stereocenters. The Morgan fingerprint density at radius 2 is 1.80 bits per heavy atom. The number of β-lactam (4-membered cyclic amide) rings is 1. The lowest BCUT2D eigenvalue weighted by Crippen LogP contribution is -2.46. The summed E-state index contributed by atoms with van der Waals surface area (Å²) in [5, 5.41) is 0. The van der Waals surface area contributed by atoms with Crippen LogP contribution in [0.5, 0.6) is 23.0 Å². The average Bonchev–Trinajstić information content (AvgIpc) is 2.65. The van der Waals surface area contributed by atoms with E-state index in [1.54, 1.807) is 19.1 Å². The minimum atomic E-state index is -0.0732. The van der Waals surface area contributed by atoms with Crippen LogP contribution in [0.2, 0.25) is 0 Å². The van der Waals surface area contributed by atoms with Crippen LogP contribution in [0.15, 0.2) is 36.4 Å². The molecule has 0 bridgehead atoms. The summed E-state index contributed by atoms with van der Waals surface area (Å²) in [6, 6.07) is 11.2. The van der Waals surface area contributed by atoms with Crippen molar-refractivity contribution in [3.05, 3.63) is 42.0 Å². The van der Waals surface area contributed by atoms with E-state index in [0.717, 1.165) is 17.0 Å². The lowest BCUT2D eigenvalue weighted by molar-refractivity contribution is -0.124. The van der Waals surface area contributed by atoms with Crippen molar-refractivity contribution in [2.45, 2.75) is 12.5 Å². The number of hydrogen-bond donors (Lipinski definition) is 0. The molecule has 1 fully saturated rings. The van der Waals surface area contributed by atoms with Gasteiger partial charge in [0.1, 0.15) is 24.7 Å². The molecule has 2 aromatic rings. The maximum Gasteiger partial charge on any atom is 0.230 e. The number of carbonyl (C=O) groups is 1. The van der Waals surface area contributed by atoms with E-state index in [-0.39, 0.29) is 11.9 Å². The first-order chi connectivity index (χ1) is 12.2. The Morgan fingerprint density at radius 1 is 1.00 bits per heavy atom. The van der Waals surface area contributed by atoms with E-state index >= 15 is 0 Å². The summed E-state index contributed by atoms with van der Waals surface area (Å²) >= 11 is 0. The van der Waals surface area contributed by atoms with E-state index in [4.69, 9.17) is 18.9 Å². The molecule has 4 rings (SSSR count). The summed E-state index contributed by atoms with van der Waals surface area (Å²) in [6.07, 6.45) is 0.442. The number of nitrogens with zero attached hydrogens (tertiary/aromatic N) is 1. The minimum absolute atomic E-state index is 0.0690. The maximum absolute atomic E-state index is 12.3. The number of anilines is 1. The SMILES string of the molecule is COc1ccc([C@@H]2CC(=O)N2c2ccc3c(c2)OCCO3)c(OC)c1. The number of benzene rings is 2. The molecule has 1 saturated heterocycles. The van der Waals surface area contributed by atoms with Gasteiger partial charge < -0.3 is 23.8 Å². The van der Waals surface area contributed by atoms with Gasteiger partial charge in [0.25, 0.3) is 0 Å². The van der Waals surface area contributed by atoms with Crippen molar-refractivity contribution in [1.29, 1.82) is 0 Å². The number of rotatable bonds is 4. The molecule has 130 valence electrons. The van der Waals surface area contributed by atoms with Crippen molar-refractivity contribution in [3.8, 4) is 23.0 Å². The fraction of sp³-hybridized carbons (Fsp3) is 0.316. The Bertz CT molecular complexity index is 819. The largest absolute Gasteiger partial charge is 0.497 e. The first kappa shape index (κ1) is 15.6. The second-order valence-corrected chi connectivity index (χ2v) is 5.92. The van der Waals surface area contributed by atoms with Crippen LogP contribution in [-0.4, -0.2) is 33.3 Å². The van der Waals surface area contributed by atoms with Crippen LogP contribution in [0.3, 0.4) is 0 Å². The lowest BCUT2D eigenvalue weighted by Gasteiger charge is -2.41. The Balaban J connectivity index is 1.67. The van der Waals surface area contributed by atoms with Crippen LogP contribution in [0, 0.1) is 0 Å². The highest BCUT2D eigenvalue weighted by atomic mass is 16.6. The van der Waals surface area contributed by atoms with E-state index in [2.05, 4.69) is 0 Å². The van der Waals surface area contributed by atoms with Crippen molar-refractivity contribution in [2.24, 2.45) is 0 Å². The maximum atomic E-state index is 12.3. The summed E-state index contributed by atoms with van der Waals surface area (Å²) in [5.41, 5.74) is 1.75. The van der Waals surface area contributed by atoms with E-state index in [1.807, 2.05) is 36.4 Å². The van der Waals surface area contributed by atoms with Gasteiger partial charge in [-0.1, -0.05) is 0 Å². The Hall–Kier alpha value is -2.89. The molecular formula is C19H19NO5. The van der Waals surface area contributed by atoms with Crippen molar-refractivity contribution >= 4 is 11.6 Å². The number of ether oxygens (including phenoxy) is 4. The van der Waals surface area contributed by atoms with Crippen LogP contribution >= 0.6 is 0 Å². The number of hydrogen-bond acceptors (Lipinski definition) is 5. The van der Waals surface area contributed by atoms with Gasteiger partial charge in [-0.25, -0.2) is 0 Å². The molecule has 2 aliphatic heterocycles. The van der Waals surface area contributed by atoms with Crippen molar-refractivity contribution in [2.75, 3.05) is 32.3 Å². The molecule has 2 heterocycles. The minimum Gasteiger partial charge on any atom is -0.497 e. The molecule has 6 heteroatoms. The molecule has 0 saturated carbocycles. The van der Waals surface area contributed by atoms with Gasteiger partial charge in [0.2, 0.25) is 5.91 Å². The predicted molar refractivity (Wildman–Crippen MR) is 91.8 cm³/mol. The van der Waals surface area contributed by atoms with Gasteiger partial charge in [-0.05, 0) is 24.3 Å². The zero-order valence-corrected chi connectivity index (χ0v) is 14.2. The summed E-state index contributed by atoms with van der Waals surface area (Å²) in [6.45, 7) is 1.06. The van der Waals surface area contributed by atoms with E-state index in [9.17, 15) is 4.79 Å². The van der Waals surface area contributed by atoms with Crippen molar-refractivity contribution in [1.82, 2.24) is 0 Å². The van der Waals surface area contributed by atoms with Gasteiger partial charge in [-0.3, -0.25) is 4.79 Å². The van der Waals surface area contributed by atoms with E-state index < -0.39 is 0 Å². The number of carbonyl (C=O) groups excluding carboxylic acids is 1. The molecule has 0 spiro atoms. The van der Waals surface area contributed by atoms with Gasteiger partial charge in [0, 0.05) is 23.4 Å². The normalized spacial score (nSPS) is 18.6. The summed E-state index contributed by atoms with van der Waals surface area (Å²) in [4.78, 5) is 14.1. The van der Waals surface area contributed by atoms with Crippen molar-refractivity contribution < 1.29 is 23.7 Å². The fourth-order valence-corrected chi connectivity index (χ4v) is 3.27. The highest BCUT2D eigenvalue weighted by Gasteiger charge is 2.40. The number of fused-ring (bicyclic) bond motifs is 1. The first-order valence-corrected chi connectivity index (χ1v) is 8.15. The van der Waals surface area contributed by atoms with E-state index in [0.29, 0.717) is 36.9 Å². The standard InChI is InChI=1S/C19H19NO5/c1-22-13-4-5-14(17(10-13)23-2)15-11-19(21)20(15)12-3-6-16-18(9-12)25-8-7-24-16/h3-6,9-10,15H,7-8,11H2,1-2H3/t15-/m0/s1. The Morgan fingerprint density at radius 3 is 2.52 bits per heavy atom. The monoisotopic (exact) mass is 341 g/mol. The van der Waals surface area contributed by atoms with Gasteiger partial charge in [0.05, 0.1) is 26.7 Å². The van der Waals surface area contributed by atoms with E-state index in [1.165, 1.54) is 0 Å². The highest BCUT2D eigenvalue weighted by Crippen LogP contribution is 2.45. The summed E-state index contributed by atoms with van der Waals surface area (Å²) in [7, 11) is 3.23. The molecule has 6 nitrogen and oxygen atoms in total. The third kappa shape index (κ3) is 2.63. The molecule has 0 aromatic heterocycles. The average molecular weight is 341 g/mol. The predicted octanol–water partition coefficient (Wildman–Crippen LogP) is 2.95. The number of amides is 1. The molecule has 2 aliphatic rings. The quantitative estimate of drug-likeness (QED) is 0.800.